The minimum atomic E-state index is -3.88. The topological polar surface area (TPSA) is 92.8 Å². The third kappa shape index (κ3) is 5.20. The summed E-state index contributed by atoms with van der Waals surface area (Å²) in [4.78, 5) is 26.8. The van der Waals surface area contributed by atoms with E-state index in [0.29, 0.717) is 18.7 Å². The van der Waals surface area contributed by atoms with Crippen LogP contribution in [0.25, 0.3) is 0 Å². The van der Waals surface area contributed by atoms with Crippen LogP contribution in [0.4, 0.5) is 5.69 Å². The van der Waals surface area contributed by atoms with E-state index in [2.05, 4.69) is 20.7 Å². The first-order valence-electron chi connectivity index (χ1n) is 9.68. The molecule has 160 valence electrons. The van der Waals surface area contributed by atoms with Crippen LogP contribution in [0, 0.1) is 0 Å². The van der Waals surface area contributed by atoms with Gasteiger partial charge in [-0.1, -0.05) is 22.0 Å². The normalized spacial score (nSPS) is 16.7. The van der Waals surface area contributed by atoms with E-state index < -0.39 is 22.0 Å². The molecule has 1 saturated heterocycles. The van der Waals surface area contributed by atoms with Crippen LogP contribution in [0.1, 0.15) is 36.5 Å². The predicted molar refractivity (Wildman–Crippen MR) is 117 cm³/mol. The van der Waals surface area contributed by atoms with Gasteiger partial charge < -0.3 is 9.64 Å². The predicted octanol–water partition coefficient (Wildman–Crippen LogP) is 3.81. The van der Waals surface area contributed by atoms with Gasteiger partial charge >= 0.3 is 5.97 Å². The van der Waals surface area contributed by atoms with E-state index >= 15 is 0 Å². The molecule has 2 aromatic carbocycles. The van der Waals surface area contributed by atoms with Crippen molar-refractivity contribution < 1.29 is 22.7 Å². The molecule has 0 spiro atoms. The highest BCUT2D eigenvalue weighted by atomic mass is 79.9. The number of piperidine rings is 1. The molecule has 30 heavy (non-hydrogen) atoms. The van der Waals surface area contributed by atoms with Gasteiger partial charge in [0.05, 0.1) is 11.5 Å². The summed E-state index contributed by atoms with van der Waals surface area (Å²) < 4.78 is 34.0. The average molecular weight is 495 g/mol. The molecule has 7 nitrogen and oxygen atoms in total. The fraction of sp³-hybridized carbons (Fsp3) is 0.333. The van der Waals surface area contributed by atoms with Crippen LogP contribution in [0.2, 0.25) is 0 Å². The number of carbonyl (C=O) groups excluding carboxylic acids is 2. The Bertz CT molecular complexity index is 1020. The van der Waals surface area contributed by atoms with E-state index in [1.54, 1.807) is 37.3 Å². The molecule has 1 heterocycles. The van der Waals surface area contributed by atoms with Crippen molar-refractivity contribution in [1.82, 2.24) is 4.90 Å². The van der Waals surface area contributed by atoms with Gasteiger partial charge in [-0.05, 0) is 68.7 Å². The van der Waals surface area contributed by atoms with E-state index in [-0.39, 0.29) is 23.0 Å². The van der Waals surface area contributed by atoms with Crippen LogP contribution in [-0.2, 0) is 19.6 Å². The van der Waals surface area contributed by atoms with Gasteiger partial charge in [-0.3, -0.25) is 9.52 Å². The molecule has 1 amide bonds. The molecule has 1 unspecified atom stereocenters. The number of carbonyl (C=O) groups is 2. The zero-order valence-corrected chi connectivity index (χ0v) is 18.9. The summed E-state index contributed by atoms with van der Waals surface area (Å²) in [5.74, 6) is -0.806. The maximum absolute atomic E-state index is 13.1. The average Bonchev–Trinajstić information content (AvgIpc) is 2.75. The van der Waals surface area contributed by atoms with E-state index in [0.717, 1.165) is 17.3 Å². The second kappa shape index (κ2) is 9.61. The van der Waals surface area contributed by atoms with E-state index in [4.69, 9.17) is 4.74 Å². The van der Waals surface area contributed by atoms with Gasteiger partial charge in [-0.15, -0.1) is 0 Å². The third-order valence-electron chi connectivity index (χ3n) is 4.81. The zero-order valence-electron chi connectivity index (χ0n) is 16.5. The molecule has 1 fully saturated rings. The third-order valence-corrected chi connectivity index (χ3v) is 6.72. The molecule has 0 saturated carbocycles. The van der Waals surface area contributed by atoms with Gasteiger partial charge in [-0.25, -0.2) is 13.2 Å². The van der Waals surface area contributed by atoms with E-state index in [1.165, 1.54) is 23.1 Å². The summed E-state index contributed by atoms with van der Waals surface area (Å²) in [6.45, 7) is 2.39. The molecule has 1 atom stereocenters. The van der Waals surface area contributed by atoms with Crippen molar-refractivity contribution in [3.8, 4) is 0 Å². The Morgan fingerprint density at radius 1 is 1.17 bits per heavy atom. The van der Waals surface area contributed by atoms with Crippen molar-refractivity contribution in [3.05, 3.63) is 58.6 Å². The number of amides is 1. The molecule has 0 aromatic heterocycles. The second-order valence-electron chi connectivity index (χ2n) is 6.90. The van der Waals surface area contributed by atoms with Gasteiger partial charge in [-0.2, -0.15) is 0 Å². The summed E-state index contributed by atoms with van der Waals surface area (Å²) in [7, 11) is -3.88. The number of likely N-dealkylation sites (tertiary alicyclic amines) is 1. The molecule has 9 heteroatoms. The number of hydrogen-bond donors (Lipinski definition) is 1. The van der Waals surface area contributed by atoms with Crippen LogP contribution >= 0.6 is 15.9 Å². The van der Waals surface area contributed by atoms with Crippen molar-refractivity contribution in [2.45, 2.75) is 37.1 Å². The van der Waals surface area contributed by atoms with Crippen molar-refractivity contribution in [3.63, 3.8) is 0 Å². The highest BCUT2D eigenvalue weighted by Crippen LogP contribution is 2.23. The lowest BCUT2D eigenvalue weighted by Crippen LogP contribution is -2.48. The quantitative estimate of drug-likeness (QED) is 0.616. The Morgan fingerprint density at radius 3 is 2.60 bits per heavy atom. The highest BCUT2D eigenvalue weighted by molar-refractivity contribution is 9.10. The summed E-state index contributed by atoms with van der Waals surface area (Å²) in [6, 6.07) is 11.9. The molecular weight excluding hydrogens is 472 g/mol. The number of esters is 1. The maximum atomic E-state index is 13.1. The number of ether oxygens (including phenoxy) is 1. The minimum absolute atomic E-state index is 0.0269. The lowest BCUT2D eigenvalue weighted by molar-refractivity contribution is -0.149. The Balaban J connectivity index is 1.83. The first-order chi connectivity index (χ1) is 14.3. The number of nitrogens with one attached hydrogen (secondary N) is 1. The lowest BCUT2D eigenvalue weighted by atomic mass is 10.0. The highest BCUT2D eigenvalue weighted by Gasteiger charge is 2.34. The van der Waals surface area contributed by atoms with Gasteiger partial charge in [0, 0.05) is 22.3 Å². The SMILES string of the molecule is CCOC(=O)C1CCCCN1C(=O)c1cccc(S(=O)(=O)Nc2ccc(Br)cc2)c1. The molecule has 2 aromatic rings. The zero-order chi connectivity index (χ0) is 21.7. The van der Waals surface area contributed by atoms with E-state index in [1.807, 2.05) is 0 Å². The van der Waals surface area contributed by atoms with Crippen LogP contribution in [0.15, 0.2) is 57.9 Å². The molecule has 0 aliphatic carbocycles. The largest absolute Gasteiger partial charge is 0.464 e. The number of rotatable bonds is 6. The number of halogens is 1. The summed E-state index contributed by atoms with van der Waals surface area (Å²) in [6.07, 6.45) is 2.15. The van der Waals surface area contributed by atoms with Crippen LogP contribution in [0.5, 0.6) is 0 Å². The Hall–Kier alpha value is -2.39. The van der Waals surface area contributed by atoms with E-state index in [9.17, 15) is 18.0 Å². The minimum Gasteiger partial charge on any atom is -0.464 e. The molecule has 3 rings (SSSR count). The second-order valence-corrected chi connectivity index (χ2v) is 9.50. The first kappa shape index (κ1) is 22.3. The number of benzene rings is 2. The number of nitrogens with zero attached hydrogens (tertiary/aromatic N) is 1. The maximum Gasteiger partial charge on any atom is 0.328 e. The number of hydrogen-bond acceptors (Lipinski definition) is 5. The van der Waals surface area contributed by atoms with Crippen LogP contribution in [0.3, 0.4) is 0 Å². The summed E-state index contributed by atoms with van der Waals surface area (Å²) in [5, 5.41) is 0. The number of sulfonamides is 1. The van der Waals surface area contributed by atoms with Crippen molar-refractivity contribution in [2.24, 2.45) is 0 Å². The van der Waals surface area contributed by atoms with Crippen LogP contribution in [-0.4, -0.2) is 44.4 Å². The van der Waals surface area contributed by atoms with Gasteiger partial charge in [0.25, 0.3) is 15.9 Å². The smallest absolute Gasteiger partial charge is 0.328 e. The van der Waals surface area contributed by atoms with Gasteiger partial charge in [0.1, 0.15) is 6.04 Å². The molecule has 1 aliphatic rings. The fourth-order valence-electron chi connectivity index (χ4n) is 3.35. The first-order valence-corrected chi connectivity index (χ1v) is 12.0. The molecule has 0 bridgehead atoms. The molecule has 1 aliphatic heterocycles. The van der Waals surface area contributed by atoms with Crippen molar-refractivity contribution in [2.75, 3.05) is 17.9 Å². The van der Waals surface area contributed by atoms with Crippen molar-refractivity contribution >= 4 is 43.5 Å². The van der Waals surface area contributed by atoms with Gasteiger partial charge in [0.2, 0.25) is 0 Å². The monoisotopic (exact) mass is 494 g/mol. The Labute approximate surface area is 184 Å². The van der Waals surface area contributed by atoms with Crippen LogP contribution < -0.4 is 4.72 Å². The fourth-order valence-corrected chi connectivity index (χ4v) is 4.72. The molecule has 1 N–H and O–H groups in total. The summed E-state index contributed by atoms with van der Waals surface area (Å²) in [5.41, 5.74) is 0.623. The molecule has 0 radical (unpaired) electrons. The Morgan fingerprint density at radius 2 is 1.90 bits per heavy atom. The standard InChI is InChI=1S/C21H23BrN2O5S/c1-2-29-21(26)19-8-3-4-13-24(19)20(25)15-6-5-7-18(14-15)30(27,28)23-17-11-9-16(22)10-12-17/h5-7,9-12,14,19,23H,2-4,8,13H2,1H3. The van der Waals surface area contributed by atoms with Crippen molar-refractivity contribution in [1.29, 1.82) is 0 Å². The van der Waals surface area contributed by atoms with Gasteiger partial charge in [0.15, 0.2) is 0 Å². The number of anilines is 1. The summed E-state index contributed by atoms with van der Waals surface area (Å²) >= 11 is 3.31. The Kier molecular flexibility index (Phi) is 7.14. The lowest BCUT2D eigenvalue weighted by Gasteiger charge is -2.34. The molecular formula is C21H23BrN2O5S.